The average molecular weight is 570 g/mol. The second-order valence-corrected chi connectivity index (χ2v) is 10.1. The highest BCUT2D eigenvalue weighted by atomic mass is 19.1. The Labute approximate surface area is 233 Å². The molecule has 14 heteroatoms. The number of benzene rings is 2. The molecule has 2 aromatic carbocycles. The molecule has 3 aromatic rings. The van der Waals surface area contributed by atoms with Crippen molar-refractivity contribution >= 4 is 29.3 Å². The third kappa shape index (κ3) is 5.41. The molecule has 2 amide bonds. The van der Waals surface area contributed by atoms with E-state index in [4.69, 9.17) is 0 Å². The molecule has 41 heavy (non-hydrogen) atoms. The van der Waals surface area contributed by atoms with Gasteiger partial charge in [-0.2, -0.15) is 4.68 Å². The third-order valence-electron chi connectivity index (χ3n) is 7.61. The van der Waals surface area contributed by atoms with Gasteiger partial charge in [0.25, 0.3) is 0 Å². The van der Waals surface area contributed by atoms with E-state index in [9.17, 15) is 33.1 Å². The molecule has 1 aliphatic heterocycles. The van der Waals surface area contributed by atoms with Crippen LogP contribution >= 0.6 is 0 Å². The number of amides is 2. The van der Waals surface area contributed by atoms with Gasteiger partial charge in [0.05, 0.1) is 11.3 Å². The fourth-order valence-electron chi connectivity index (χ4n) is 5.50. The molecule has 2 heterocycles. The number of carboxylic acid groups (broad SMARTS) is 1. The Kier molecular flexibility index (Phi) is 7.81. The van der Waals surface area contributed by atoms with Gasteiger partial charge in [0.1, 0.15) is 5.69 Å². The van der Waals surface area contributed by atoms with Gasteiger partial charge < -0.3 is 14.9 Å². The molecule has 2 aliphatic rings. The van der Waals surface area contributed by atoms with E-state index >= 15 is 0 Å². The van der Waals surface area contributed by atoms with Gasteiger partial charge in [-0.05, 0) is 53.6 Å². The van der Waals surface area contributed by atoms with Crippen LogP contribution in [-0.2, 0) is 4.79 Å². The third-order valence-corrected chi connectivity index (χ3v) is 7.61. The smallest absolute Gasteiger partial charge is 0.377 e. The zero-order valence-electron chi connectivity index (χ0n) is 22.4. The molecule has 2 fully saturated rings. The molecule has 5 rings (SSSR count). The summed E-state index contributed by atoms with van der Waals surface area (Å²) in [5.74, 6) is -3.36. The summed E-state index contributed by atoms with van der Waals surface area (Å²) in [6.07, 6.45) is 3.82. The minimum Gasteiger partial charge on any atom is -0.478 e. The maximum Gasteiger partial charge on any atom is 0.377 e. The summed E-state index contributed by atoms with van der Waals surface area (Å²) >= 11 is 0. The van der Waals surface area contributed by atoms with Crippen LogP contribution in [0.3, 0.4) is 0 Å². The van der Waals surface area contributed by atoms with Crippen LogP contribution in [0.25, 0.3) is 5.69 Å². The Morgan fingerprint density at radius 2 is 1.61 bits per heavy atom. The zero-order chi connectivity index (χ0) is 29.3. The summed E-state index contributed by atoms with van der Waals surface area (Å²) in [7, 11) is 0. The van der Waals surface area contributed by atoms with Gasteiger partial charge in [-0.15, -0.1) is 4.68 Å². The number of carbonyl (C=O) groups is 3. The molecule has 1 saturated carbocycles. The molecule has 1 aromatic heterocycles. The lowest BCUT2D eigenvalue weighted by Gasteiger charge is -2.37. The highest BCUT2D eigenvalue weighted by molar-refractivity contribution is 5.99. The second kappa shape index (κ2) is 11.5. The molecule has 12 nitrogen and oxygen atoms in total. The van der Waals surface area contributed by atoms with Crippen LogP contribution in [0, 0.1) is 11.6 Å². The number of carbonyl (C=O) groups excluding carboxylic acids is 2. The number of piperazine rings is 1. The molecule has 0 bridgehead atoms. The number of carboxylic acids is 1. The molecule has 1 saturated heterocycles. The maximum atomic E-state index is 14.4. The lowest BCUT2D eigenvalue weighted by molar-refractivity contribution is -0.129. The second-order valence-electron chi connectivity index (χ2n) is 10.1. The maximum absolute atomic E-state index is 14.4. The Hall–Kier alpha value is -4.62. The Bertz CT molecular complexity index is 1520. The number of anilines is 2. The van der Waals surface area contributed by atoms with Gasteiger partial charge in [0, 0.05) is 44.8 Å². The quantitative estimate of drug-likeness (QED) is 0.464. The van der Waals surface area contributed by atoms with Crippen LogP contribution < -0.4 is 15.5 Å². The van der Waals surface area contributed by atoms with E-state index in [1.54, 1.807) is 17.0 Å². The summed E-state index contributed by atoms with van der Waals surface area (Å²) < 4.78 is 29.5. The van der Waals surface area contributed by atoms with Crippen LogP contribution in [0.15, 0.2) is 41.2 Å². The van der Waals surface area contributed by atoms with Crippen LogP contribution in [0.5, 0.6) is 0 Å². The average Bonchev–Trinajstić information content (AvgIpc) is 3.34. The molecule has 1 N–H and O–H groups in total. The molecule has 1 aliphatic carbocycles. The minimum atomic E-state index is -1.20. The minimum absolute atomic E-state index is 0.0446. The highest BCUT2D eigenvalue weighted by Crippen LogP contribution is 2.32. The van der Waals surface area contributed by atoms with Gasteiger partial charge in [0.2, 0.25) is 5.91 Å². The highest BCUT2D eigenvalue weighted by Gasteiger charge is 2.33. The Morgan fingerprint density at radius 3 is 2.22 bits per heavy atom. The summed E-state index contributed by atoms with van der Waals surface area (Å²) in [6, 6.07) is 6.36. The van der Waals surface area contributed by atoms with E-state index in [2.05, 4.69) is 10.4 Å². The molecule has 0 unspecified atom stereocenters. The normalized spacial score (nSPS) is 16.1. The SMILES string of the molecule is CC(=O)N1CCN(c2ccc(N(C(=O)n3nnn(-c4c(F)cccc4F)c3=O)C3CCCCC3)cc2C(=O)O)CC1. The first-order chi connectivity index (χ1) is 19.7. The van der Waals surface area contributed by atoms with Crippen molar-refractivity contribution < 1.29 is 28.3 Å². The van der Waals surface area contributed by atoms with Crippen molar-refractivity contribution in [2.45, 2.75) is 45.1 Å². The number of hydrogen-bond acceptors (Lipinski definition) is 7. The number of para-hydroxylation sites is 1. The number of aromatic nitrogens is 4. The van der Waals surface area contributed by atoms with Gasteiger partial charge >= 0.3 is 17.7 Å². The number of nitrogens with zero attached hydrogens (tertiary/aromatic N) is 7. The number of rotatable bonds is 5. The fourth-order valence-corrected chi connectivity index (χ4v) is 5.50. The molecule has 0 spiro atoms. The summed E-state index contributed by atoms with van der Waals surface area (Å²) in [5, 5.41) is 17.3. The zero-order valence-corrected chi connectivity index (χ0v) is 22.4. The topological polar surface area (TPSA) is 134 Å². The first-order valence-corrected chi connectivity index (χ1v) is 13.4. The van der Waals surface area contributed by atoms with E-state index < -0.39 is 35.0 Å². The number of aromatic carboxylic acids is 1. The van der Waals surface area contributed by atoms with Crippen molar-refractivity contribution in [1.29, 1.82) is 0 Å². The van der Waals surface area contributed by atoms with E-state index in [1.807, 2.05) is 4.90 Å². The molecular formula is C27H29F2N7O5. The first-order valence-electron chi connectivity index (χ1n) is 13.4. The van der Waals surface area contributed by atoms with Gasteiger partial charge in [-0.25, -0.2) is 23.2 Å². The van der Waals surface area contributed by atoms with Crippen molar-refractivity contribution in [2.24, 2.45) is 0 Å². The number of tetrazole rings is 1. The van der Waals surface area contributed by atoms with E-state index in [0.717, 1.165) is 37.5 Å². The summed E-state index contributed by atoms with van der Waals surface area (Å²) in [5.41, 5.74) is -1.29. The van der Waals surface area contributed by atoms with Gasteiger partial charge in [-0.1, -0.05) is 25.3 Å². The largest absolute Gasteiger partial charge is 0.478 e. The molecular weight excluding hydrogens is 540 g/mol. The van der Waals surface area contributed by atoms with Crippen molar-refractivity contribution in [1.82, 2.24) is 24.7 Å². The fraction of sp³-hybridized carbons (Fsp3) is 0.407. The predicted octanol–water partition coefficient (Wildman–Crippen LogP) is 2.88. The van der Waals surface area contributed by atoms with Crippen LogP contribution in [0.2, 0.25) is 0 Å². The van der Waals surface area contributed by atoms with E-state index in [1.165, 1.54) is 17.9 Å². The summed E-state index contributed by atoms with van der Waals surface area (Å²) in [4.78, 5) is 55.9. The number of halogens is 2. The lowest BCUT2D eigenvalue weighted by Crippen LogP contribution is -2.48. The first kappa shape index (κ1) is 27.9. The predicted molar refractivity (Wildman–Crippen MR) is 144 cm³/mol. The molecule has 216 valence electrons. The van der Waals surface area contributed by atoms with E-state index in [-0.39, 0.29) is 23.2 Å². The number of hydrogen-bond donors (Lipinski definition) is 1. The van der Waals surface area contributed by atoms with Crippen molar-refractivity contribution in [3.05, 3.63) is 64.1 Å². The standard InChI is InChI=1S/C27H29F2N7O5/c1-17(37)32-12-14-33(15-13-32)23-11-10-19(16-20(23)25(38)39)34(18-6-3-2-4-7-18)26(40)36-27(41)35(30-31-36)24-21(28)8-5-9-22(24)29/h5,8-11,16,18H,2-4,6-7,12-15H2,1H3,(H,38,39). The summed E-state index contributed by atoms with van der Waals surface area (Å²) in [6.45, 7) is 3.26. The van der Waals surface area contributed by atoms with Gasteiger partial charge in [-0.3, -0.25) is 9.69 Å². The lowest BCUT2D eigenvalue weighted by atomic mass is 9.93. The van der Waals surface area contributed by atoms with Gasteiger partial charge in [0.15, 0.2) is 11.6 Å². The Morgan fingerprint density at radius 1 is 0.951 bits per heavy atom. The van der Waals surface area contributed by atoms with Crippen LogP contribution in [0.4, 0.5) is 25.0 Å². The van der Waals surface area contributed by atoms with Crippen molar-refractivity contribution in [3.8, 4) is 5.69 Å². The van der Waals surface area contributed by atoms with E-state index in [0.29, 0.717) is 54.1 Å². The monoisotopic (exact) mass is 569 g/mol. The van der Waals surface area contributed by atoms with Crippen molar-refractivity contribution in [3.63, 3.8) is 0 Å². The molecule has 0 atom stereocenters. The van der Waals surface area contributed by atoms with Crippen molar-refractivity contribution in [2.75, 3.05) is 36.0 Å². The molecule has 0 radical (unpaired) electrons. The van der Waals surface area contributed by atoms with Crippen LogP contribution in [-0.4, -0.2) is 79.9 Å². The van der Waals surface area contributed by atoms with Crippen LogP contribution in [0.1, 0.15) is 49.4 Å². The Balaban J connectivity index is 1.53.